The van der Waals surface area contributed by atoms with Crippen molar-refractivity contribution in [2.75, 3.05) is 20.8 Å². The Bertz CT molecular complexity index is 817. The smallest absolute Gasteiger partial charge is 0.260 e. The maximum atomic E-state index is 13.1. The highest BCUT2D eigenvalue weighted by molar-refractivity contribution is 8.14. The number of nitrogens with zero attached hydrogens (tertiary/aromatic N) is 2. The topological polar surface area (TPSA) is 51.1 Å². The molecule has 0 bridgehead atoms. The van der Waals surface area contributed by atoms with Crippen molar-refractivity contribution in [3.63, 3.8) is 0 Å². The van der Waals surface area contributed by atoms with Gasteiger partial charge in [0.05, 0.1) is 19.9 Å². The third-order valence-electron chi connectivity index (χ3n) is 3.87. The molecule has 1 fully saturated rings. The molecular weight excluding hydrogens is 372 g/mol. The van der Waals surface area contributed by atoms with E-state index in [0.717, 1.165) is 5.69 Å². The van der Waals surface area contributed by atoms with E-state index >= 15 is 0 Å². The van der Waals surface area contributed by atoms with Crippen LogP contribution in [0.15, 0.2) is 47.5 Å². The molecule has 1 aliphatic heterocycles. The fraction of sp³-hybridized carbons (Fsp3) is 0.263. The summed E-state index contributed by atoms with van der Waals surface area (Å²) in [5, 5.41) is 1.59. The molecule has 1 saturated heterocycles. The Morgan fingerprint density at radius 3 is 2.35 bits per heavy atom. The highest BCUT2D eigenvalue weighted by Crippen LogP contribution is 2.31. The summed E-state index contributed by atoms with van der Waals surface area (Å²) in [5.41, 5.74) is 1.26. The van der Waals surface area contributed by atoms with E-state index in [2.05, 4.69) is 11.9 Å². The Hall–Kier alpha value is -2.18. The summed E-state index contributed by atoms with van der Waals surface area (Å²) in [6.07, 6.45) is 0. The minimum atomic E-state index is -0.133. The van der Waals surface area contributed by atoms with E-state index < -0.39 is 0 Å². The van der Waals surface area contributed by atoms with Crippen molar-refractivity contribution in [3.05, 3.63) is 53.1 Å². The number of amides is 1. The molecule has 1 aliphatic rings. The average molecular weight is 391 g/mol. The summed E-state index contributed by atoms with van der Waals surface area (Å²) >= 11 is 7.50. The van der Waals surface area contributed by atoms with E-state index in [1.165, 1.54) is 0 Å². The lowest BCUT2D eigenvalue weighted by molar-refractivity contribution is 0.0854. The zero-order chi connectivity index (χ0) is 18.7. The molecule has 0 N–H and O–H groups in total. The first-order valence-electron chi connectivity index (χ1n) is 8.06. The second-order valence-corrected chi connectivity index (χ2v) is 7.66. The van der Waals surface area contributed by atoms with E-state index in [-0.39, 0.29) is 11.2 Å². The van der Waals surface area contributed by atoms with Crippen molar-refractivity contribution in [3.8, 4) is 11.5 Å². The van der Waals surface area contributed by atoms with Gasteiger partial charge in [-0.15, -0.1) is 0 Å². The third kappa shape index (κ3) is 4.14. The number of hydrogen-bond acceptors (Lipinski definition) is 5. The van der Waals surface area contributed by atoms with E-state index in [0.29, 0.717) is 33.8 Å². The number of thioether (sulfide) groups is 1. The molecular formula is C19H19ClN2O3S. The number of halogens is 1. The van der Waals surface area contributed by atoms with Crippen LogP contribution in [-0.4, -0.2) is 42.0 Å². The second-order valence-electron chi connectivity index (χ2n) is 5.82. The lowest BCUT2D eigenvalue weighted by Crippen LogP contribution is -2.32. The third-order valence-corrected chi connectivity index (χ3v) is 5.20. The van der Waals surface area contributed by atoms with Gasteiger partial charge >= 0.3 is 0 Å². The van der Waals surface area contributed by atoms with Gasteiger partial charge in [-0.25, -0.2) is 4.99 Å². The van der Waals surface area contributed by atoms with Crippen LogP contribution in [0.2, 0.25) is 5.02 Å². The van der Waals surface area contributed by atoms with Gasteiger partial charge in [-0.05, 0) is 36.4 Å². The number of carbonyl (C=O) groups is 1. The molecule has 0 radical (unpaired) electrons. The van der Waals surface area contributed by atoms with Gasteiger partial charge in [-0.3, -0.25) is 9.69 Å². The van der Waals surface area contributed by atoms with Gasteiger partial charge in [0.1, 0.15) is 11.5 Å². The van der Waals surface area contributed by atoms with Crippen LogP contribution < -0.4 is 9.47 Å². The quantitative estimate of drug-likeness (QED) is 0.764. The normalized spacial score (nSPS) is 18.2. The molecule has 2 aromatic carbocycles. The molecule has 1 amide bonds. The number of methoxy groups -OCH3 is 2. The molecule has 1 atom stereocenters. The molecule has 136 valence electrons. The van der Waals surface area contributed by atoms with E-state index in [4.69, 9.17) is 21.1 Å². The monoisotopic (exact) mass is 390 g/mol. The van der Waals surface area contributed by atoms with Crippen molar-refractivity contribution in [1.82, 2.24) is 4.90 Å². The van der Waals surface area contributed by atoms with Gasteiger partial charge in [-0.2, -0.15) is 0 Å². The van der Waals surface area contributed by atoms with Crippen LogP contribution >= 0.6 is 23.4 Å². The van der Waals surface area contributed by atoms with Crippen LogP contribution in [0.1, 0.15) is 17.3 Å². The number of benzene rings is 2. The Morgan fingerprint density at radius 1 is 1.15 bits per heavy atom. The molecule has 7 heteroatoms. The van der Waals surface area contributed by atoms with E-state index in [1.807, 2.05) is 12.1 Å². The van der Waals surface area contributed by atoms with Crippen LogP contribution in [-0.2, 0) is 0 Å². The van der Waals surface area contributed by atoms with Crippen LogP contribution in [0.3, 0.4) is 0 Å². The summed E-state index contributed by atoms with van der Waals surface area (Å²) in [7, 11) is 3.12. The Balaban J connectivity index is 1.93. The van der Waals surface area contributed by atoms with Gasteiger partial charge in [0.2, 0.25) is 0 Å². The average Bonchev–Trinajstić information content (AvgIpc) is 3.02. The summed E-state index contributed by atoms with van der Waals surface area (Å²) in [6.45, 7) is 2.66. The molecule has 26 heavy (non-hydrogen) atoms. The van der Waals surface area contributed by atoms with Gasteiger partial charge in [0, 0.05) is 28.4 Å². The molecule has 0 aliphatic carbocycles. The summed E-state index contributed by atoms with van der Waals surface area (Å²) in [6, 6.07) is 12.4. The molecule has 3 rings (SSSR count). The standard InChI is InChI=1S/C19H19ClN2O3S/c1-12-11-22(19(26-12)21-15-6-4-14(20)5-7-15)18(23)13-8-16(24-2)10-17(9-13)25-3/h4-10,12H,11H2,1-3H3/t12-/m1/s1. The first-order valence-corrected chi connectivity index (χ1v) is 9.31. The van der Waals surface area contributed by atoms with Gasteiger partial charge < -0.3 is 9.47 Å². The molecule has 5 nitrogen and oxygen atoms in total. The highest BCUT2D eigenvalue weighted by Gasteiger charge is 2.32. The lowest BCUT2D eigenvalue weighted by Gasteiger charge is -2.17. The lowest BCUT2D eigenvalue weighted by atomic mass is 10.1. The molecule has 2 aromatic rings. The molecule has 0 spiro atoms. The predicted molar refractivity (Wildman–Crippen MR) is 106 cm³/mol. The maximum Gasteiger partial charge on any atom is 0.260 e. The number of aliphatic imine (C=N–C) groups is 1. The Morgan fingerprint density at radius 2 is 1.77 bits per heavy atom. The first kappa shape index (κ1) is 18.6. The van der Waals surface area contributed by atoms with Gasteiger partial charge in [0.25, 0.3) is 5.91 Å². The molecule has 0 unspecified atom stereocenters. The van der Waals surface area contributed by atoms with Crippen molar-refractivity contribution >= 4 is 40.1 Å². The zero-order valence-corrected chi connectivity index (χ0v) is 16.3. The number of rotatable bonds is 4. The summed E-state index contributed by atoms with van der Waals surface area (Å²) < 4.78 is 10.5. The summed E-state index contributed by atoms with van der Waals surface area (Å²) in [4.78, 5) is 19.4. The van der Waals surface area contributed by atoms with Gasteiger partial charge in [-0.1, -0.05) is 30.3 Å². The minimum absolute atomic E-state index is 0.133. The van der Waals surface area contributed by atoms with Crippen molar-refractivity contribution in [1.29, 1.82) is 0 Å². The maximum absolute atomic E-state index is 13.1. The fourth-order valence-electron chi connectivity index (χ4n) is 2.59. The Kier molecular flexibility index (Phi) is 5.74. The van der Waals surface area contributed by atoms with Crippen LogP contribution in [0.25, 0.3) is 0 Å². The number of amidine groups is 1. The van der Waals surface area contributed by atoms with Crippen LogP contribution in [0.4, 0.5) is 5.69 Å². The SMILES string of the molecule is COc1cc(OC)cc(C(=O)N2C[C@@H](C)SC2=Nc2ccc(Cl)cc2)c1. The minimum Gasteiger partial charge on any atom is -0.497 e. The van der Waals surface area contributed by atoms with E-state index in [9.17, 15) is 4.79 Å². The number of hydrogen-bond donors (Lipinski definition) is 0. The largest absolute Gasteiger partial charge is 0.497 e. The number of ether oxygens (including phenoxy) is 2. The first-order chi connectivity index (χ1) is 12.5. The van der Waals surface area contributed by atoms with Gasteiger partial charge in [0.15, 0.2) is 5.17 Å². The Labute approximate surface area is 162 Å². The zero-order valence-electron chi connectivity index (χ0n) is 14.7. The molecule has 0 saturated carbocycles. The fourth-order valence-corrected chi connectivity index (χ4v) is 3.74. The molecule has 1 heterocycles. The van der Waals surface area contributed by atoms with Crippen molar-refractivity contribution < 1.29 is 14.3 Å². The molecule has 0 aromatic heterocycles. The highest BCUT2D eigenvalue weighted by atomic mass is 35.5. The summed E-state index contributed by atoms with van der Waals surface area (Å²) in [5.74, 6) is 1.01. The van der Waals surface area contributed by atoms with Crippen molar-refractivity contribution in [2.24, 2.45) is 4.99 Å². The van der Waals surface area contributed by atoms with Crippen LogP contribution in [0.5, 0.6) is 11.5 Å². The van der Waals surface area contributed by atoms with Crippen LogP contribution in [0, 0.1) is 0 Å². The van der Waals surface area contributed by atoms with Crippen molar-refractivity contribution in [2.45, 2.75) is 12.2 Å². The second kappa shape index (κ2) is 8.01. The predicted octanol–water partition coefficient (Wildman–Crippen LogP) is 4.62. The van der Waals surface area contributed by atoms with E-state index in [1.54, 1.807) is 61.2 Å². The number of carbonyl (C=O) groups excluding carboxylic acids is 1.